The van der Waals surface area contributed by atoms with Crippen LogP contribution in [0.4, 0.5) is 5.69 Å². The molecule has 0 atom stereocenters. The molecular weight excluding hydrogens is 284 g/mol. The first-order valence-corrected chi connectivity index (χ1v) is 6.00. The number of oxime groups is 1. The van der Waals surface area contributed by atoms with Crippen LogP contribution in [0.3, 0.4) is 0 Å². The van der Waals surface area contributed by atoms with Gasteiger partial charge in [0.05, 0.1) is 11.1 Å². The molecule has 102 valence electrons. The van der Waals surface area contributed by atoms with Gasteiger partial charge in [-0.15, -0.1) is 0 Å². The minimum atomic E-state index is -0.656. The van der Waals surface area contributed by atoms with Gasteiger partial charge in [-0.3, -0.25) is 15.1 Å². The van der Waals surface area contributed by atoms with Crippen molar-refractivity contribution in [2.45, 2.75) is 10.1 Å². The zero-order chi connectivity index (χ0) is 14.5. The van der Waals surface area contributed by atoms with Crippen molar-refractivity contribution in [3.8, 4) is 0 Å². The molecule has 10 heteroatoms. The first-order chi connectivity index (χ1) is 9.61. The summed E-state index contributed by atoms with van der Waals surface area (Å²) in [5, 5.41) is 23.2. The van der Waals surface area contributed by atoms with Crippen molar-refractivity contribution in [3.63, 3.8) is 0 Å². The van der Waals surface area contributed by atoms with E-state index in [2.05, 4.69) is 20.1 Å². The minimum absolute atomic E-state index is 0.202. The number of nitro groups is 1. The number of nitrogens with zero attached hydrogens (tertiary/aromatic N) is 5. The molecule has 0 amide bonds. The van der Waals surface area contributed by atoms with Crippen molar-refractivity contribution in [2.75, 3.05) is 0 Å². The Hall–Kier alpha value is -2.75. The highest BCUT2D eigenvalue weighted by atomic mass is 32.2. The second-order valence-electron chi connectivity index (χ2n) is 3.41. The number of aromatic nitrogens is 3. The molecule has 3 N–H and O–H groups in total. The zero-order valence-corrected chi connectivity index (χ0v) is 10.7. The van der Waals surface area contributed by atoms with Crippen molar-refractivity contribution in [1.82, 2.24) is 15.0 Å². The third-order valence-corrected chi connectivity index (χ3v) is 3.00. The van der Waals surface area contributed by atoms with E-state index in [0.717, 1.165) is 11.8 Å². The number of hydrogen-bond donors (Lipinski definition) is 2. The number of nitrogens with two attached hydrogens (primary N) is 1. The molecule has 20 heavy (non-hydrogen) atoms. The van der Waals surface area contributed by atoms with E-state index in [9.17, 15) is 10.1 Å². The van der Waals surface area contributed by atoms with E-state index in [4.69, 9.17) is 10.9 Å². The number of hydrogen-bond acceptors (Lipinski definition) is 8. The van der Waals surface area contributed by atoms with E-state index in [1.165, 1.54) is 30.7 Å². The van der Waals surface area contributed by atoms with Crippen molar-refractivity contribution < 1.29 is 10.1 Å². The highest BCUT2D eigenvalue weighted by Gasteiger charge is 2.20. The maximum absolute atomic E-state index is 10.9. The Kier molecular flexibility index (Phi) is 4.05. The maximum Gasteiger partial charge on any atom is 0.298 e. The first-order valence-electron chi connectivity index (χ1n) is 5.19. The summed E-state index contributed by atoms with van der Waals surface area (Å²) in [6.07, 6.45) is 4.56. The first kappa shape index (κ1) is 13.7. The van der Waals surface area contributed by atoms with Crippen LogP contribution in [0.2, 0.25) is 0 Å². The average Bonchev–Trinajstić information content (AvgIpc) is 2.47. The molecule has 0 aliphatic rings. The van der Waals surface area contributed by atoms with E-state index in [1.54, 1.807) is 0 Å². The molecule has 2 heterocycles. The molecule has 0 aliphatic carbocycles. The summed E-state index contributed by atoms with van der Waals surface area (Å²) in [5.41, 5.74) is 4.84. The molecule has 0 radical (unpaired) electrons. The molecule has 0 spiro atoms. The van der Waals surface area contributed by atoms with Gasteiger partial charge in [0.2, 0.25) is 0 Å². The highest BCUT2D eigenvalue weighted by Crippen LogP contribution is 2.26. The fourth-order valence-corrected chi connectivity index (χ4v) is 2.03. The number of amidine groups is 1. The normalized spacial score (nSPS) is 11.3. The fraction of sp³-hybridized carbons (Fsp3) is 0. The van der Waals surface area contributed by atoms with Gasteiger partial charge < -0.3 is 10.9 Å². The molecule has 2 rings (SSSR count). The monoisotopic (exact) mass is 292 g/mol. The maximum atomic E-state index is 10.9. The summed E-state index contributed by atoms with van der Waals surface area (Å²) in [7, 11) is 0. The molecule has 0 aromatic carbocycles. The predicted octanol–water partition coefficient (Wildman–Crippen LogP) is 1.03. The van der Waals surface area contributed by atoms with Crippen LogP contribution >= 0.6 is 11.8 Å². The van der Waals surface area contributed by atoms with Crippen LogP contribution in [-0.2, 0) is 0 Å². The molecule has 2 aromatic heterocycles. The molecular formula is C10H8N6O3S. The van der Waals surface area contributed by atoms with Gasteiger partial charge in [0, 0.05) is 18.5 Å². The lowest BCUT2D eigenvalue weighted by molar-refractivity contribution is -0.385. The van der Waals surface area contributed by atoms with Crippen molar-refractivity contribution in [3.05, 3.63) is 46.5 Å². The van der Waals surface area contributed by atoms with Crippen molar-refractivity contribution in [2.24, 2.45) is 10.9 Å². The molecule has 0 aliphatic heterocycles. The number of pyridine rings is 1. The van der Waals surface area contributed by atoms with Crippen LogP contribution < -0.4 is 5.73 Å². The van der Waals surface area contributed by atoms with Gasteiger partial charge in [-0.05, 0) is 17.8 Å². The second-order valence-corrected chi connectivity index (χ2v) is 4.45. The topological polar surface area (TPSA) is 140 Å². The third kappa shape index (κ3) is 2.98. The summed E-state index contributed by atoms with van der Waals surface area (Å²) in [4.78, 5) is 22.1. The summed E-state index contributed by atoms with van der Waals surface area (Å²) in [6, 6.07) is 2.69. The second kappa shape index (κ2) is 5.93. The van der Waals surface area contributed by atoms with Crippen LogP contribution in [-0.4, -0.2) is 30.9 Å². The summed E-state index contributed by atoms with van der Waals surface area (Å²) in [5.74, 6) is -0.432. The van der Waals surface area contributed by atoms with Crippen LogP contribution in [0.15, 0.2) is 45.9 Å². The Morgan fingerprint density at radius 3 is 2.80 bits per heavy atom. The van der Waals surface area contributed by atoms with Crippen molar-refractivity contribution >= 4 is 23.3 Å². The quantitative estimate of drug-likeness (QED) is 0.280. The Balaban J connectivity index is 2.40. The summed E-state index contributed by atoms with van der Waals surface area (Å²) in [6.45, 7) is 0. The molecule has 0 unspecified atom stereocenters. The standard InChI is InChI=1S/C10H8N6O3S/c11-10(15-17)9-6(16(18)19)1-2-7(14-9)20-8-5-12-3-4-13-8/h1-5,17H,(H2,11,15). The van der Waals surface area contributed by atoms with E-state index in [-0.39, 0.29) is 11.4 Å². The Morgan fingerprint density at radius 1 is 1.40 bits per heavy atom. The van der Waals surface area contributed by atoms with E-state index < -0.39 is 10.8 Å². The third-order valence-electron chi connectivity index (χ3n) is 2.14. The Bertz CT molecular complexity index is 663. The number of rotatable bonds is 4. The lowest BCUT2D eigenvalue weighted by Crippen LogP contribution is -2.17. The van der Waals surface area contributed by atoms with Crippen molar-refractivity contribution in [1.29, 1.82) is 0 Å². The molecule has 2 aromatic rings. The van der Waals surface area contributed by atoms with E-state index in [0.29, 0.717) is 10.1 Å². The Labute approximate surface area is 116 Å². The van der Waals surface area contributed by atoms with E-state index in [1.807, 2.05) is 0 Å². The molecule has 0 bridgehead atoms. The zero-order valence-electron chi connectivity index (χ0n) is 9.87. The Morgan fingerprint density at radius 2 is 2.20 bits per heavy atom. The van der Waals surface area contributed by atoms with Gasteiger partial charge >= 0.3 is 0 Å². The van der Waals surface area contributed by atoms with Crippen LogP contribution in [0.1, 0.15) is 5.69 Å². The van der Waals surface area contributed by atoms with Gasteiger partial charge in [0.1, 0.15) is 10.1 Å². The van der Waals surface area contributed by atoms with Gasteiger partial charge in [-0.25, -0.2) is 9.97 Å². The lowest BCUT2D eigenvalue weighted by Gasteiger charge is -2.03. The largest absolute Gasteiger partial charge is 0.409 e. The minimum Gasteiger partial charge on any atom is -0.409 e. The SMILES string of the molecule is N/C(=N/O)c1nc(Sc2cnccn2)ccc1[N+](=O)[O-]. The average molecular weight is 292 g/mol. The van der Waals surface area contributed by atoms with Gasteiger partial charge in [0.15, 0.2) is 11.5 Å². The summed E-state index contributed by atoms with van der Waals surface area (Å²) < 4.78 is 0. The molecule has 0 saturated carbocycles. The van der Waals surface area contributed by atoms with Gasteiger partial charge in [-0.2, -0.15) is 0 Å². The fourth-order valence-electron chi connectivity index (χ4n) is 1.32. The lowest BCUT2D eigenvalue weighted by atomic mass is 10.3. The smallest absolute Gasteiger partial charge is 0.298 e. The van der Waals surface area contributed by atoms with Crippen LogP contribution in [0.5, 0.6) is 0 Å². The molecule has 0 saturated heterocycles. The van der Waals surface area contributed by atoms with Crippen LogP contribution in [0.25, 0.3) is 0 Å². The molecule has 0 fully saturated rings. The highest BCUT2D eigenvalue weighted by molar-refractivity contribution is 7.99. The summed E-state index contributed by atoms with van der Waals surface area (Å²) >= 11 is 1.15. The van der Waals surface area contributed by atoms with Crippen LogP contribution in [0, 0.1) is 10.1 Å². The van der Waals surface area contributed by atoms with Gasteiger partial charge in [-0.1, -0.05) is 5.16 Å². The predicted molar refractivity (Wildman–Crippen MR) is 69.6 cm³/mol. The van der Waals surface area contributed by atoms with E-state index >= 15 is 0 Å². The molecule has 9 nitrogen and oxygen atoms in total. The van der Waals surface area contributed by atoms with Gasteiger partial charge in [0.25, 0.3) is 5.69 Å².